The van der Waals surface area contributed by atoms with Crippen molar-refractivity contribution in [2.45, 2.75) is 11.8 Å². The third-order valence-electron chi connectivity index (χ3n) is 3.63. The molecule has 0 saturated carbocycles. The van der Waals surface area contributed by atoms with Crippen molar-refractivity contribution in [2.24, 2.45) is 0 Å². The van der Waals surface area contributed by atoms with Gasteiger partial charge in [-0.05, 0) is 36.8 Å². The van der Waals surface area contributed by atoms with Crippen LogP contribution in [0.4, 0.5) is 5.69 Å². The van der Waals surface area contributed by atoms with Gasteiger partial charge in [0.25, 0.3) is 5.91 Å². The van der Waals surface area contributed by atoms with E-state index in [1.807, 2.05) is 30.3 Å². The van der Waals surface area contributed by atoms with Crippen molar-refractivity contribution in [3.8, 4) is 5.69 Å². The average Bonchev–Trinajstić information content (AvgIpc) is 3.07. The molecule has 128 valence electrons. The Morgan fingerprint density at radius 2 is 1.84 bits per heavy atom. The number of hydrogen-bond acceptors (Lipinski definition) is 5. The van der Waals surface area contributed by atoms with Gasteiger partial charge in [-0.1, -0.05) is 29.5 Å². The number of para-hydroxylation sites is 1. The van der Waals surface area contributed by atoms with Crippen molar-refractivity contribution in [3.05, 3.63) is 66.0 Å². The first kappa shape index (κ1) is 16.8. The summed E-state index contributed by atoms with van der Waals surface area (Å²) in [5.74, 6) is -0.462. The van der Waals surface area contributed by atoms with Crippen LogP contribution in [-0.4, -0.2) is 35.6 Å². The van der Waals surface area contributed by atoms with Crippen LogP contribution in [0.1, 0.15) is 16.1 Å². The fourth-order valence-electron chi connectivity index (χ4n) is 2.23. The van der Waals surface area contributed by atoms with E-state index in [1.54, 1.807) is 13.0 Å². The Morgan fingerprint density at radius 1 is 1.12 bits per heavy atom. The molecule has 1 amide bonds. The number of aryl methyl sites for hydroxylation is 1. The van der Waals surface area contributed by atoms with Gasteiger partial charge in [0.1, 0.15) is 0 Å². The van der Waals surface area contributed by atoms with Crippen LogP contribution in [0.5, 0.6) is 0 Å². The number of rotatable bonds is 4. The lowest BCUT2D eigenvalue weighted by molar-refractivity contribution is 0.102. The van der Waals surface area contributed by atoms with Crippen molar-refractivity contribution in [1.29, 1.82) is 0 Å². The number of nitrogens with one attached hydrogen (secondary N) is 1. The molecular formula is C17H16N4O3S. The van der Waals surface area contributed by atoms with Crippen LogP contribution in [0, 0.1) is 6.92 Å². The molecule has 1 heterocycles. The average molecular weight is 356 g/mol. The molecule has 0 saturated heterocycles. The molecule has 0 fully saturated rings. The van der Waals surface area contributed by atoms with Gasteiger partial charge < -0.3 is 5.32 Å². The minimum absolute atomic E-state index is 0.132. The van der Waals surface area contributed by atoms with E-state index in [9.17, 15) is 13.2 Å². The van der Waals surface area contributed by atoms with E-state index in [2.05, 4.69) is 15.6 Å². The van der Waals surface area contributed by atoms with Crippen LogP contribution in [0.15, 0.2) is 59.6 Å². The summed E-state index contributed by atoms with van der Waals surface area (Å²) >= 11 is 0. The third kappa shape index (κ3) is 3.74. The molecule has 0 spiro atoms. The smallest absolute Gasteiger partial charge is 0.277 e. The highest BCUT2D eigenvalue weighted by molar-refractivity contribution is 7.90. The molecule has 0 aliphatic carbocycles. The van der Waals surface area contributed by atoms with Crippen molar-refractivity contribution in [2.75, 3.05) is 11.6 Å². The highest BCUT2D eigenvalue weighted by atomic mass is 32.2. The molecule has 25 heavy (non-hydrogen) atoms. The first-order chi connectivity index (χ1) is 11.8. The molecule has 0 bridgehead atoms. The molecule has 0 unspecified atom stereocenters. The predicted octanol–water partition coefficient (Wildman–Crippen LogP) is 2.23. The van der Waals surface area contributed by atoms with Gasteiger partial charge in [-0.3, -0.25) is 4.79 Å². The summed E-state index contributed by atoms with van der Waals surface area (Å²) in [5, 5.41) is 10.5. The quantitative estimate of drug-likeness (QED) is 0.774. The number of carbonyl (C=O) groups is 1. The zero-order chi connectivity index (χ0) is 18.0. The van der Waals surface area contributed by atoms with E-state index in [4.69, 9.17) is 0 Å². The minimum atomic E-state index is -3.36. The summed E-state index contributed by atoms with van der Waals surface area (Å²) in [7, 11) is -3.36. The molecule has 7 nitrogen and oxygen atoms in total. The first-order valence-corrected chi connectivity index (χ1v) is 9.33. The third-order valence-corrected chi connectivity index (χ3v) is 4.74. The predicted molar refractivity (Wildman–Crippen MR) is 93.6 cm³/mol. The van der Waals surface area contributed by atoms with Crippen LogP contribution in [0.25, 0.3) is 5.69 Å². The van der Waals surface area contributed by atoms with E-state index < -0.39 is 15.7 Å². The second-order valence-electron chi connectivity index (χ2n) is 5.59. The topological polar surface area (TPSA) is 94.0 Å². The fraction of sp³-hybridized carbons (Fsp3) is 0.118. The van der Waals surface area contributed by atoms with Gasteiger partial charge in [-0.15, -0.1) is 5.10 Å². The molecular weight excluding hydrogens is 340 g/mol. The number of anilines is 1. The van der Waals surface area contributed by atoms with Gasteiger partial charge in [-0.2, -0.15) is 0 Å². The molecule has 0 atom stereocenters. The van der Waals surface area contributed by atoms with Crippen LogP contribution in [0.2, 0.25) is 0 Å². The second kappa shape index (κ2) is 6.48. The SMILES string of the molecule is Cc1ccc(S(C)(=O)=O)cc1NC(=O)c1cn(-c2ccccc2)nn1. The lowest BCUT2D eigenvalue weighted by Gasteiger charge is -2.08. The van der Waals surface area contributed by atoms with Gasteiger partial charge in [0.2, 0.25) is 0 Å². The van der Waals surface area contributed by atoms with E-state index in [1.165, 1.54) is 23.0 Å². The summed E-state index contributed by atoms with van der Waals surface area (Å²) in [6.07, 6.45) is 2.63. The number of amides is 1. The Bertz CT molecular complexity index is 1030. The molecule has 2 aromatic carbocycles. The minimum Gasteiger partial charge on any atom is -0.320 e. The summed E-state index contributed by atoms with van der Waals surface area (Å²) in [4.78, 5) is 12.5. The van der Waals surface area contributed by atoms with E-state index in [-0.39, 0.29) is 10.6 Å². The number of nitrogens with zero attached hydrogens (tertiary/aromatic N) is 3. The molecule has 3 rings (SSSR count). The van der Waals surface area contributed by atoms with Crippen molar-refractivity contribution in [1.82, 2.24) is 15.0 Å². The van der Waals surface area contributed by atoms with Gasteiger partial charge >= 0.3 is 0 Å². The number of benzene rings is 2. The van der Waals surface area contributed by atoms with Crippen molar-refractivity contribution in [3.63, 3.8) is 0 Å². The Balaban J connectivity index is 1.85. The maximum Gasteiger partial charge on any atom is 0.277 e. The summed E-state index contributed by atoms with van der Waals surface area (Å²) in [5.41, 5.74) is 2.08. The number of aromatic nitrogens is 3. The summed E-state index contributed by atoms with van der Waals surface area (Å²) < 4.78 is 24.8. The molecule has 1 N–H and O–H groups in total. The maximum atomic E-state index is 12.4. The number of carbonyl (C=O) groups excluding carboxylic acids is 1. The Morgan fingerprint density at radius 3 is 2.52 bits per heavy atom. The molecule has 1 aromatic heterocycles. The normalized spacial score (nSPS) is 11.3. The van der Waals surface area contributed by atoms with Crippen molar-refractivity contribution < 1.29 is 13.2 Å². The van der Waals surface area contributed by atoms with E-state index >= 15 is 0 Å². The van der Waals surface area contributed by atoms with Crippen LogP contribution < -0.4 is 5.32 Å². The standard InChI is InChI=1S/C17H16N4O3S/c1-12-8-9-14(25(2,23)24)10-15(12)18-17(22)16-11-21(20-19-16)13-6-4-3-5-7-13/h3-11H,1-2H3,(H,18,22). The van der Waals surface area contributed by atoms with Crippen LogP contribution >= 0.6 is 0 Å². The Kier molecular flexibility index (Phi) is 4.37. The summed E-state index contributed by atoms with van der Waals surface area (Å²) in [6, 6.07) is 13.9. The van der Waals surface area contributed by atoms with Gasteiger partial charge in [-0.25, -0.2) is 13.1 Å². The van der Waals surface area contributed by atoms with Gasteiger partial charge in [0, 0.05) is 11.9 Å². The molecule has 0 aliphatic heterocycles. The maximum absolute atomic E-state index is 12.4. The molecule has 0 aliphatic rings. The lowest BCUT2D eigenvalue weighted by Crippen LogP contribution is -2.14. The van der Waals surface area contributed by atoms with Gasteiger partial charge in [0.05, 0.1) is 16.8 Å². The second-order valence-corrected chi connectivity index (χ2v) is 7.60. The lowest BCUT2D eigenvalue weighted by atomic mass is 10.2. The highest BCUT2D eigenvalue weighted by Gasteiger charge is 2.15. The van der Waals surface area contributed by atoms with E-state index in [0.717, 1.165) is 17.5 Å². The fourth-order valence-corrected chi connectivity index (χ4v) is 2.87. The molecule has 8 heteroatoms. The highest BCUT2D eigenvalue weighted by Crippen LogP contribution is 2.20. The van der Waals surface area contributed by atoms with Gasteiger partial charge in [0.15, 0.2) is 15.5 Å². The van der Waals surface area contributed by atoms with Crippen LogP contribution in [-0.2, 0) is 9.84 Å². The van der Waals surface area contributed by atoms with E-state index in [0.29, 0.717) is 5.69 Å². The Hall–Kier alpha value is -3.00. The molecule has 0 radical (unpaired) electrons. The van der Waals surface area contributed by atoms with Crippen LogP contribution in [0.3, 0.4) is 0 Å². The largest absolute Gasteiger partial charge is 0.320 e. The zero-order valence-electron chi connectivity index (χ0n) is 13.7. The first-order valence-electron chi connectivity index (χ1n) is 7.44. The number of sulfone groups is 1. The molecule has 3 aromatic rings. The Labute approximate surface area is 145 Å². The summed E-state index contributed by atoms with van der Waals surface area (Å²) in [6.45, 7) is 1.78. The van der Waals surface area contributed by atoms with Crippen molar-refractivity contribution >= 4 is 21.4 Å². The monoisotopic (exact) mass is 356 g/mol. The zero-order valence-corrected chi connectivity index (χ0v) is 14.5. The number of hydrogen-bond donors (Lipinski definition) is 1.